The number of carbonyl (C=O) groups is 1. The molecular weight excluding hydrogens is 315 g/mol. The molecule has 1 aromatic carbocycles. The average Bonchev–Trinajstić information content (AvgIpc) is 2.50. The van der Waals surface area contributed by atoms with Crippen LogP contribution < -0.4 is 14.2 Å². The molecule has 8 heteroatoms. The molecule has 1 aromatic rings. The Balaban J connectivity index is 3.26. The summed E-state index contributed by atoms with van der Waals surface area (Å²) in [6, 6.07) is 2.60. The van der Waals surface area contributed by atoms with Crippen molar-refractivity contribution in [2.75, 3.05) is 34.4 Å². The summed E-state index contributed by atoms with van der Waals surface area (Å²) in [5.74, 6) is -0.208. The maximum Gasteiger partial charge on any atom is 0.406 e. The number of benzene rings is 1. The molecule has 0 fully saturated rings. The number of ether oxygens (including phenoxy) is 3. The molecule has 0 saturated carbocycles. The first-order valence-electron chi connectivity index (χ1n) is 6.54. The molecule has 1 rings (SSSR count). The van der Waals surface area contributed by atoms with Crippen LogP contribution in [0.2, 0.25) is 0 Å². The third-order valence-electron chi connectivity index (χ3n) is 2.92. The Labute approximate surface area is 132 Å². The molecule has 0 N–H and O–H groups in total. The van der Waals surface area contributed by atoms with Crippen LogP contribution in [0, 0.1) is 0 Å². The Kier molecular flexibility index (Phi) is 6.29. The van der Waals surface area contributed by atoms with Gasteiger partial charge < -0.3 is 19.1 Å². The third-order valence-corrected chi connectivity index (χ3v) is 2.92. The molecule has 0 spiro atoms. The van der Waals surface area contributed by atoms with Gasteiger partial charge in [0, 0.05) is 12.1 Å². The first kappa shape index (κ1) is 18.7. The van der Waals surface area contributed by atoms with E-state index in [9.17, 15) is 18.0 Å². The number of halogens is 3. The largest absolute Gasteiger partial charge is 0.493 e. The van der Waals surface area contributed by atoms with Gasteiger partial charge in [0.1, 0.15) is 6.54 Å². The minimum absolute atomic E-state index is 0.00870. The fourth-order valence-corrected chi connectivity index (χ4v) is 1.98. The normalized spacial score (nSPS) is 10.9. The molecule has 0 aliphatic carbocycles. The molecular formula is C15H18F3NO4. The average molecular weight is 333 g/mol. The Hall–Kier alpha value is -2.38. The predicted molar refractivity (Wildman–Crippen MR) is 78.3 cm³/mol. The van der Waals surface area contributed by atoms with Crippen molar-refractivity contribution < 1.29 is 32.2 Å². The standard InChI is InChI=1S/C15H18F3NO4/c1-5-6-19(9-15(16,17)18)14(20)10-7-11(21-2)13(23-4)12(8-10)22-3/h5,7-8H,1,6,9H2,2-4H3. The van der Waals surface area contributed by atoms with Gasteiger partial charge in [0.25, 0.3) is 5.91 Å². The number of nitrogens with zero attached hydrogens (tertiary/aromatic N) is 1. The fraction of sp³-hybridized carbons (Fsp3) is 0.400. The molecule has 23 heavy (non-hydrogen) atoms. The Bertz CT molecular complexity index is 547. The summed E-state index contributed by atoms with van der Waals surface area (Å²) >= 11 is 0. The zero-order valence-corrected chi connectivity index (χ0v) is 13.1. The van der Waals surface area contributed by atoms with E-state index in [-0.39, 0.29) is 29.4 Å². The molecule has 0 heterocycles. The summed E-state index contributed by atoms with van der Waals surface area (Å²) in [6.07, 6.45) is -3.29. The molecule has 0 atom stereocenters. The van der Waals surface area contributed by atoms with Crippen molar-refractivity contribution in [2.45, 2.75) is 6.18 Å². The molecule has 0 aliphatic heterocycles. The van der Waals surface area contributed by atoms with Gasteiger partial charge in [-0.2, -0.15) is 13.2 Å². The lowest BCUT2D eigenvalue weighted by atomic mass is 10.1. The van der Waals surface area contributed by atoms with Crippen LogP contribution in [-0.4, -0.2) is 51.4 Å². The molecule has 0 radical (unpaired) electrons. The van der Waals surface area contributed by atoms with Crippen molar-refractivity contribution in [2.24, 2.45) is 0 Å². The zero-order chi connectivity index (χ0) is 17.6. The van der Waals surface area contributed by atoms with Crippen molar-refractivity contribution in [1.82, 2.24) is 4.90 Å². The maximum absolute atomic E-state index is 12.6. The van der Waals surface area contributed by atoms with Gasteiger partial charge in [-0.05, 0) is 12.1 Å². The van der Waals surface area contributed by atoms with Crippen LogP contribution in [0.25, 0.3) is 0 Å². The highest BCUT2D eigenvalue weighted by molar-refractivity contribution is 5.95. The van der Waals surface area contributed by atoms with Gasteiger partial charge in [0.15, 0.2) is 11.5 Å². The van der Waals surface area contributed by atoms with Crippen molar-refractivity contribution in [3.05, 3.63) is 30.4 Å². The predicted octanol–water partition coefficient (Wildman–Crippen LogP) is 2.90. The number of amides is 1. The smallest absolute Gasteiger partial charge is 0.406 e. The van der Waals surface area contributed by atoms with Crippen LogP contribution in [0.4, 0.5) is 13.2 Å². The maximum atomic E-state index is 12.6. The summed E-state index contributed by atoms with van der Waals surface area (Å²) in [4.78, 5) is 13.0. The van der Waals surface area contributed by atoms with Crippen LogP contribution in [0.1, 0.15) is 10.4 Å². The first-order valence-corrected chi connectivity index (χ1v) is 6.54. The molecule has 0 bridgehead atoms. The molecule has 0 aliphatic rings. The second kappa shape index (κ2) is 7.75. The van der Waals surface area contributed by atoms with Crippen molar-refractivity contribution in [1.29, 1.82) is 0 Å². The number of carbonyl (C=O) groups excluding carboxylic acids is 1. The Morgan fingerprint density at radius 2 is 1.70 bits per heavy atom. The molecule has 0 aromatic heterocycles. The summed E-state index contributed by atoms with van der Waals surface area (Å²) in [5.41, 5.74) is -0.00870. The second-order valence-electron chi connectivity index (χ2n) is 4.50. The van der Waals surface area contributed by atoms with Gasteiger partial charge in [0.05, 0.1) is 21.3 Å². The van der Waals surface area contributed by atoms with Gasteiger partial charge in [0.2, 0.25) is 5.75 Å². The lowest BCUT2D eigenvalue weighted by molar-refractivity contribution is -0.139. The third kappa shape index (κ3) is 4.80. The van der Waals surface area contributed by atoms with E-state index >= 15 is 0 Å². The minimum Gasteiger partial charge on any atom is -0.493 e. The van der Waals surface area contributed by atoms with Crippen LogP contribution in [0.3, 0.4) is 0 Å². The van der Waals surface area contributed by atoms with E-state index in [0.29, 0.717) is 4.90 Å². The van der Waals surface area contributed by atoms with Crippen molar-refractivity contribution in [3.63, 3.8) is 0 Å². The van der Waals surface area contributed by atoms with Crippen molar-refractivity contribution in [3.8, 4) is 17.2 Å². The number of alkyl halides is 3. The summed E-state index contributed by atoms with van der Waals surface area (Å²) < 4.78 is 53.1. The van der Waals surface area contributed by atoms with Crippen LogP contribution in [-0.2, 0) is 0 Å². The quantitative estimate of drug-likeness (QED) is 0.720. The number of hydrogen-bond acceptors (Lipinski definition) is 4. The van der Waals surface area contributed by atoms with E-state index in [4.69, 9.17) is 14.2 Å². The van der Waals surface area contributed by atoms with E-state index in [1.54, 1.807) is 0 Å². The van der Waals surface area contributed by atoms with E-state index in [0.717, 1.165) is 0 Å². The molecule has 1 amide bonds. The fourth-order valence-electron chi connectivity index (χ4n) is 1.98. The SMILES string of the molecule is C=CCN(CC(F)(F)F)C(=O)c1cc(OC)c(OC)c(OC)c1. The second-order valence-corrected chi connectivity index (χ2v) is 4.50. The highest BCUT2D eigenvalue weighted by atomic mass is 19.4. The molecule has 128 valence electrons. The lowest BCUT2D eigenvalue weighted by Gasteiger charge is -2.23. The number of hydrogen-bond donors (Lipinski definition) is 0. The van der Waals surface area contributed by atoms with E-state index in [1.807, 2.05) is 0 Å². The number of methoxy groups -OCH3 is 3. The van der Waals surface area contributed by atoms with Gasteiger partial charge in [-0.3, -0.25) is 4.79 Å². The van der Waals surface area contributed by atoms with E-state index in [2.05, 4.69) is 6.58 Å². The summed E-state index contributed by atoms with van der Waals surface area (Å²) in [6.45, 7) is 1.75. The van der Waals surface area contributed by atoms with Gasteiger partial charge in [-0.15, -0.1) is 6.58 Å². The summed E-state index contributed by atoms with van der Waals surface area (Å²) in [5, 5.41) is 0. The Morgan fingerprint density at radius 1 is 1.17 bits per heavy atom. The zero-order valence-electron chi connectivity index (χ0n) is 13.1. The molecule has 5 nitrogen and oxygen atoms in total. The van der Waals surface area contributed by atoms with Crippen molar-refractivity contribution >= 4 is 5.91 Å². The first-order chi connectivity index (χ1) is 10.8. The van der Waals surface area contributed by atoms with Gasteiger partial charge in [-0.25, -0.2) is 0 Å². The van der Waals surface area contributed by atoms with Crippen LogP contribution >= 0.6 is 0 Å². The van der Waals surface area contributed by atoms with Crippen LogP contribution in [0.5, 0.6) is 17.2 Å². The monoisotopic (exact) mass is 333 g/mol. The lowest BCUT2D eigenvalue weighted by Crippen LogP contribution is -2.39. The van der Waals surface area contributed by atoms with E-state index < -0.39 is 18.6 Å². The molecule has 0 unspecified atom stereocenters. The van der Waals surface area contributed by atoms with Crippen LogP contribution in [0.15, 0.2) is 24.8 Å². The number of rotatable bonds is 7. The highest BCUT2D eigenvalue weighted by Gasteiger charge is 2.33. The van der Waals surface area contributed by atoms with E-state index in [1.165, 1.54) is 39.5 Å². The topological polar surface area (TPSA) is 48.0 Å². The summed E-state index contributed by atoms with van der Waals surface area (Å²) in [7, 11) is 4.08. The minimum atomic E-state index is -4.51. The van der Waals surface area contributed by atoms with Gasteiger partial charge >= 0.3 is 6.18 Å². The van der Waals surface area contributed by atoms with Gasteiger partial charge in [-0.1, -0.05) is 6.08 Å². The Morgan fingerprint density at radius 3 is 2.04 bits per heavy atom. The highest BCUT2D eigenvalue weighted by Crippen LogP contribution is 2.38. The molecule has 0 saturated heterocycles.